The van der Waals surface area contributed by atoms with Crippen LogP contribution in [0.1, 0.15) is 12.8 Å². The van der Waals surface area contributed by atoms with E-state index in [0.29, 0.717) is 0 Å². The first-order chi connectivity index (χ1) is 3.95. The van der Waals surface area contributed by atoms with Gasteiger partial charge in [-0.3, -0.25) is 0 Å². The third kappa shape index (κ3) is 0.644. The minimum atomic E-state index is 0.808. The average Bonchev–Trinajstić information content (AvgIpc) is 1.89. The van der Waals surface area contributed by atoms with Crippen molar-refractivity contribution < 1.29 is 0 Å². The number of nitrogens with one attached hydrogen (secondary N) is 2. The van der Waals surface area contributed by atoms with Gasteiger partial charge in [-0.2, -0.15) is 0 Å². The number of hydrogen-bond donors (Lipinski definition) is 2. The molecule has 3 aliphatic rings. The van der Waals surface area contributed by atoms with Crippen LogP contribution in [-0.4, -0.2) is 25.2 Å². The molecule has 2 heteroatoms. The van der Waals surface area contributed by atoms with Gasteiger partial charge in [0.1, 0.15) is 0 Å². The van der Waals surface area contributed by atoms with Crippen molar-refractivity contribution in [2.24, 2.45) is 0 Å². The second-order valence-electron chi connectivity index (χ2n) is 2.79. The number of fused-ring (bicyclic) bond motifs is 3. The van der Waals surface area contributed by atoms with Gasteiger partial charge < -0.3 is 10.6 Å². The summed E-state index contributed by atoms with van der Waals surface area (Å²) in [6.07, 6.45) is 2.74. The third-order valence-electron chi connectivity index (χ3n) is 2.10. The maximum atomic E-state index is 3.48. The van der Waals surface area contributed by atoms with Gasteiger partial charge in [-0.15, -0.1) is 0 Å². The highest BCUT2D eigenvalue weighted by Crippen LogP contribution is 2.15. The summed E-state index contributed by atoms with van der Waals surface area (Å²) in [5, 5.41) is 6.86. The van der Waals surface area contributed by atoms with Crippen LogP contribution in [0.3, 0.4) is 0 Å². The lowest BCUT2D eigenvalue weighted by Gasteiger charge is -2.33. The second-order valence-corrected chi connectivity index (χ2v) is 2.79. The second kappa shape index (κ2) is 1.71. The molecule has 46 valence electrons. The molecule has 3 heterocycles. The lowest BCUT2D eigenvalue weighted by Crippen LogP contribution is -2.53. The molecule has 8 heavy (non-hydrogen) atoms. The average molecular weight is 112 g/mol. The van der Waals surface area contributed by atoms with Crippen molar-refractivity contribution in [2.75, 3.05) is 13.1 Å². The Bertz CT molecular complexity index is 71.0. The summed E-state index contributed by atoms with van der Waals surface area (Å²) in [5.41, 5.74) is 0. The summed E-state index contributed by atoms with van der Waals surface area (Å²) in [6.45, 7) is 2.41. The highest BCUT2D eigenvalue weighted by molar-refractivity contribution is 4.92. The zero-order valence-electron chi connectivity index (χ0n) is 4.98. The van der Waals surface area contributed by atoms with Crippen LogP contribution in [0.2, 0.25) is 0 Å². The van der Waals surface area contributed by atoms with Crippen LogP contribution >= 0.6 is 0 Å². The minimum absolute atomic E-state index is 0.808. The van der Waals surface area contributed by atoms with Crippen molar-refractivity contribution in [1.29, 1.82) is 0 Å². The quantitative estimate of drug-likeness (QED) is 0.450. The molecular formula is C6H12N2. The molecule has 2 nitrogen and oxygen atoms in total. The Labute approximate surface area is 49.7 Å². The summed E-state index contributed by atoms with van der Waals surface area (Å²) in [5.74, 6) is 0. The van der Waals surface area contributed by atoms with Crippen LogP contribution in [0.25, 0.3) is 0 Å². The molecule has 3 rings (SSSR count). The van der Waals surface area contributed by atoms with Crippen molar-refractivity contribution in [1.82, 2.24) is 10.6 Å². The van der Waals surface area contributed by atoms with E-state index in [1.54, 1.807) is 0 Å². The van der Waals surface area contributed by atoms with Crippen LogP contribution in [0.5, 0.6) is 0 Å². The van der Waals surface area contributed by atoms with E-state index in [1.807, 2.05) is 0 Å². The SMILES string of the molecule is C1CC2CC(CN1)N2. The number of hydrogen-bond acceptors (Lipinski definition) is 2. The summed E-state index contributed by atoms with van der Waals surface area (Å²) >= 11 is 0. The Kier molecular flexibility index (Phi) is 1.02. The molecule has 0 spiro atoms. The van der Waals surface area contributed by atoms with E-state index < -0.39 is 0 Å². The molecule has 2 bridgehead atoms. The molecule has 2 unspecified atom stereocenters. The lowest BCUT2D eigenvalue weighted by molar-refractivity contribution is 0.282. The first-order valence-corrected chi connectivity index (χ1v) is 3.42. The summed E-state index contributed by atoms with van der Waals surface area (Å²) < 4.78 is 0. The molecular weight excluding hydrogens is 100 g/mol. The van der Waals surface area contributed by atoms with Gasteiger partial charge in [-0.1, -0.05) is 0 Å². The Balaban J connectivity index is 1.95. The van der Waals surface area contributed by atoms with Crippen molar-refractivity contribution >= 4 is 0 Å². The van der Waals surface area contributed by atoms with Crippen LogP contribution in [0.4, 0.5) is 0 Å². The third-order valence-corrected chi connectivity index (χ3v) is 2.10. The van der Waals surface area contributed by atoms with E-state index in [1.165, 1.54) is 25.9 Å². The highest BCUT2D eigenvalue weighted by Gasteiger charge is 2.29. The summed E-state index contributed by atoms with van der Waals surface area (Å²) in [6, 6.07) is 1.66. The highest BCUT2D eigenvalue weighted by atomic mass is 15.1. The molecule has 2 atom stereocenters. The van der Waals surface area contributed by atoms with Gasteiger partial charge >= 0.3 is 0 Å². The lowest BCUT2D eigenvalue weighted by atomic mass is 9.97. The van der Waals surface area contributed by atoms with E-state index in [2.05, 4.69) is 10.6 Å². The minimum Gasteiger partial charge on any atom is -0.315 e. The van der Waals surface area contributed by atoms with E-state index >= 15 is 0 Å². The van der Waals surface area contributed by atoms with Crippen molar-refractivity contribution in [2.45, 2.75) is 24.9 Å². The van der Waals surface area contributed by atoms with Gasteiger partial charge in [0.25, 0.3) is 0 Å². The van der Waals surface area contributed by atoms with E-state index in [9.17, 15) is 0 Å². The molecule has 0 amide bonds. The fraction of sp³-hybridized carbons (Fsp3) is 1.00. The first kappa shape index (κ1) is 4.77. The van der Waals surface area contributed by atoms with Crippen LogP contribution in [0.15, 0.2) is 0 Å². The molecule has 0 aliphatic carbocycles. The first-order valence-electron chi connectivity index (χ1n) is 3.42. The fourth-order valence-corrected chi connectivity index (χ4v) is 1.55. The van der Waals surface area contributed by atoms with Gasteiger partial charge in [0.2, 0.25) is 0 Å². The fourth-order valence-electron chi connectivity index (χ4n) is 1.55. The Morgan fingerprint density at radius 1 is 1.25 bits per heavy atom. The standard InChI is InChI=1S/C6H12N2/c1-2-7-4-6-3-5(1)8-6/h5-8H,1-4H2. The van der Waals surface area contributed by atoms with Gasteiger partial charge in [0, 0.05) is 18.6 Å². The van der Waals surface area contributed by atoms with Crippen LogP contribution < -0.4 is 10.6 Å². The largest absolute Gasteiger partial charge is 0.315 e. The van der Waals surface area contributed by atoms with Crippen LogP contribution in [0, 0.1) is 0 Å². The number of rotatable bonds is 0. The van der Waals surface area contributed by atoms with Crippen molar-refractivity contribution in [3.63, 3.8) is 0 Å². The molecule has 3 fully saturated rings. The van der Waals surface area contributed by atoms with Crippen molar-refractivity contribution in [3.8, 4) is 0 Å². The molecule has 2 N–H and O–H groups in total. The predicted octanol–water partition coefficient (Wildman–Crippen LogP) is -0.290. The molecule has 0 aromatic rings. The maximum absolute atomic E-state index is 3.48. The molecule has 0 aromatic carbocycles. The summed E-state index contributed by atoms with van der Waals surface area (Å²) in [4.78, 5) is 0. The van der Waals surface area contributed by atoms with E-state index in [4.69, 9.17) is 0 Å². The normalized spacial score (nSPS) is 45.0. The molecule has 3 saturated heterocycles. The molecule has 0 saturated carbocycles. The van der Waals surface area contributed by atoms with E-state index in [0.717, 1.165) is 12.1 Å². The Hall–Kier alpha value is -0.0800. The monoisotopic (exact) mass is 112 g/mol. The van der Waals surface area contributed by atoms with Gasteiger partial charge in [-0.25, -0.2) is 0 Å². The Morgan fingerprint density at radius 3 is 3.00 bits per heavy atom. The van der Waals surface area contributed by atoms with Gasteiger partial charge in [0.15, 0.2) is 0 Å². The smallest absolute Gasteiger partial charge is 0.0209 e. The van der Waals surface area contributed by atoms with Gasteiger partial charge in [0.05, 0.1) is 0 Å². The topological polar surface area (TPSA) is 24.1 Å². The maximum Gasteiger partial charge on any atom is 0.0209 e. The van der Waals surface area contributed by atoms with E-state index in [-0.39, 0.29) is 0 Å². The zero-order valence-corrected chi connectivity index (χ0v) is 4.98. The van der Waals surface area contributed by atoms with Gasteiger partial charge in [-0.05, 0) is 19.4 Å². The summed E-state index contributed by atoms with van der Waals surface area (Å²) in [7, 11) is 0. The zero-order chi connectivity index (χ0) is 5.40. The van der Waals surface area contributed by atoms with Crippen LogP contribution in [-0.2, 0) is 0 Å². The molecule has 0 aromatic heterocycles. The predicted molar refractivity (Wildman–Crippen MR) is 32.8 cm³/mol. The molecule has 3 aliphatic heterocycles. The molecule has 0 radical (unpaired) electrons. The van der Waals surface area contributed by atoms with Crippen molar-refractivity contribution in [3.05, 3.63) is 0 Å². The Morgan fingerprint density at radius 2 is 2.12 bits per heavy atom.